The zero-order valence-electron chi connectivity index (χ0n) is 23.6. The lowest BCUT2D eigenvalue weighted by molar-refractivity contribution is 0.269. The van der Waals surface area contributed by atoms with Crippen molar-refractivity contribution in [3.63, 3.8) is 0 Å². The number of hydrogen-bond acceptors (Lipinski definition) is 5. The van der Waals surface area contributed by atoms with Crippen LogP contribution in [0.2, 0.25) is 0 Å². The molecule has 1 atom stereocenters. The van der Waals surface area contributed by atoms with Crippen molar-refractivity contribution in [2.45, 2.75) is 32.4 Å². The molecule has 2 heterocycles. The van der Waals surface area contributed by atoms with E-state index in [1.165, 1.54) is 22.5 Å². The van der Waals surface area contributed by atoms with Crippen molar-refractivity contribution in [3.05, 3.63) is 155 Å². The third-order valence-electron chi connectivity index (χ3n) is 7.86. The molecular weight excluding hydrogens is 620 g/mol. The summed E-state index contributed by atoms with van der Waals surface area (Å²) in [6.45, 7) is 2.91. The number of thiazole rings is 1. The van der Waals surface area contributed by atoms with E-state index in [4.69, 9.17) is 14.5 Å². The first kappa shape index (κ1) is 27.6. The molecule has 0 amide bonds. The maximum Gasteiger partial charge on any atom is 0.271 e. The van der Waals surface area contributed by atoms with Gasteiger partial charge in [0.25, 0.3) is 5.56 Å². The van der Waals surface area contributed by atoms with Gasteiger partial charge in [0.05, 0.1) is 22.9 Å². The minimum absolute atomic E-state index is 0.0376. The molecule has 1 aliphatic carbocycles. The number of hydrogen-bond donors (Lipinski definition) is 0. The molecule has 5 aromatic rings. The van der Waals surface area contributed by atoms with Crippen LogP contribution in [0.25, 0.3) is 11.8 Å². The van der Waals surface area contributed by atoms with Gasteiger partial charge < -0.3 is 9.47 Å². The van der Waals surface area contributed by atoms with Crippen LogP contribution in [0, 0.1) is 0 Å². The molecule has 1 aliphatic heterocycles. The summed E-state index contributed by atoms with van der Waals surface area (Å²) in [5, 5.41) is 0. The number of aromatic nitrogens is 1. The lowest BCUT2D eigenvalue weighted by Gasteiger charge is -2.30. The van der Waals surface area contributed by atoms with Gasteiger partial charge in [0.2, 0.25) is 0 Å². The second-order valence-corrected chi connectivity index (χ2v) is 12.5. The molecule has 4 aromatic carbocycles. The average Bonchev–Trinajstić information content (AvgIpc) is 3.34. The van der Waals surface area contributed by atoms with Crippen molar-refractivity contribution < 1.29 is 9.47 Å². The van der Waals surface area contributed by atoms with E-state index in [0.29, 0.717) is 34.0 Å². The van der Waals surface area contributed by atoms with E-state index in [2.05, 4.69) is 52.3 Å². The quantitative estimate of drug-likeness (QED) is 0.190. The van der Waals surface area contributed by atoms with Gasteiger partial charge in [0.15, 0.2) is 16.3 Å². The maximum atomic E-state index is 14.1. The molecule has 1 aromatic heterocycles. The molecule has 0 saturated carbocycles. The highest BCUT2D eigenvalue weighted by Gasteiger charge is 2.32. The van der Waals surface area contributed by atoms with Gasteiger partial charge in [-0.25, -0.2) is 4.99 Å². The highest BCUT2D eigenvalue weighted by atomic mass is 79.9. The number of aryl methyl sites for hydroxylation is 1. The molecule has 0 bridgehead atoms. The fraction of sp³-hybridized carbons (Fsp3) is 0.167. The summed E-state index contributed by atoms with van der Waals surface area (Å²) in [5.74, 6) is 1.32. The number of benzene rings is 4. The highest BCUT2D eigenvalue weighted by Crippen LogP contribution is 2.41. The monoisotopic (exact) mass is 648 g/mol. The van der Waals surface area contributed by atoms with Gasteiger partial charge in [-0.15, -0.1) is 0 Å². The van der Waals surface area contributed by atoms with Gasteiger partial charge >= 0.3 is 0 Å². The van der Waals surface area contributed by atoms with Crippen molar-refractivity contribution in [2.24, 2.45) is 4.99 Å². The summed E-state index contributed by atoms with van der Waals surface area (Å²) in [7, 11) is 0. The molecule has 0 radical (unpaired) electrons. The number of ether oxygens (including phenoxy) is 2. The minimum Gasteiger partial charge on any atom is -0.490 e. The number of fused-ring (bicyclic) bond motifs is 3. The van der Waals surface area contributed by atoms with Crippen LogP contribution >= 0.6 is 27.3 Å². The van der Waals surface area contributed by atoms with E-state index in [-0.39, 0.29) is 11.6 Å². The summed E-state index contributed by atoms with van der Waals surface area (Å²) < 4.78 is 15.6. The smallest absolute Gasteiger partial charge is 0.271 e. The van der Waals surface area contributed by atoms with Crippen LogP contribution in [0.1, 0.15) is 47.2 Å². The Balaban J connectivity index is 1.32. The molecule has 2 aliphatic rings. The Morgan fingerprint density at radius 2 is 1.72 bits per heavy atom. The Kier molecular flexibility index (Phi) is 7.59. The summed E-state index contributed by atoms with van der Waals surface area (Å²) in [6.07, 6.45) is 3.73. The Morgan fingerprint density at radius 1 is 0.930 bits per heavy atom. The number of halogens is 1. The largest absolute Gasteiger partial charge is 0.490 e. The molecule has 5 nitrogen and oxygen atoms in total. The minimum atomic E-state index is -0.206. The summed E-state index contributed by atoms with van der Waals surface area (Å²) in [4.78, 5) is 20.0. The van der Waals surface area contributed by atoms with Crippen LogP contribution in [0.15, 0.2) is 117 Å². The summed E-state index contributed by atoms with van der Waals surface area (Å²) in [5.41, 5.74) is 7.66. The predicted octanol–water partition coefficient (Wildman–Crippen LogP) is 7.06. The van der Waals surface area contributed by atoms with Gasteiger partial charge in [0.1, 0.15) is 6.61 Å². The zero-order valence-corrected chi connectivity index (χ0v) is 26.0. The van der Waals surface area contributed by atoms with E-state index < -0.39 is 0 Å². The SMILES string of the molecule is CCOc1cc(/C=c2/sc3n(c2=O)[C@@H](c2ccc(Br)cc2)C2=C(N=3)c3ccccc3CC2)ccc1OCc1ccccc1. The summed E-state index contributed by atoms with van der Waals surface area (Å²) in [6, 6.07) is 32.4. The summed E-state index contributed by atoms with van der Waals surface area (Å²) >= 11 is 5.00. The van der Waals surface area contributed by atoms with Crippen molar-refractivity contribution in [3.8, 4) is 11.5 Å². The van der Waals surface area contributed by atoms with Crippen LogP contribution in [0.3, 0.4) is 0 Å². The fourth-order valence-corrected chi connectivity index (χ4v) is 7.12. The Hall–Kier alpha value is -4.20. The lowest BCUT2D eigenvalue weighted by Crippen LogP contribution is -2.38. The van der Waals surface area contributed by atoms with Crippen molar-refractivity contribution >= 4 is 39.0 Å². The number of rotatable bonds is 7. The molecule has 7 heteroatoms. The normalized spacial score (nSPS) is 15.8. The van der Waals surface area contributed by atoms with Gasteiger partial charge in [-0.3, -0.25) is 9.36 Å². The molecule has 0 saturated heterocycles. The standard InChI is InChI=1S/C36H29BrN2O3S/c1-2-41-31-20-24(12-19-30(31)42-22-23-8-4-3-5-9-23)21-32-35(40)39-34(26-13-16-27(37)17-14-26)29-18-15-25-10-6-7-11-28(25)33(29)38-36(39)43-32/h3-14,16-17,19-21,34H,2,15,18,22H2,1H3/b32-21+/t34-/m0/s1. The van der Waals surface area contributed by atoms with Crippen LogP contribution in [0.5, 0.6) is 11.5 Å². The Bertz CT molecular complexity index is 2030. The molecule has 0 N–H and O–H groups in total. The first-order chi connectivity index (χ1) is 21.1. The molecular formula is C36H29BrN2O3S. The predicted molar refractivity (Wildman–Crippen MR) is 175 cm³/mol. The lowest BCUT2D eigenvalue weighted by atomic mass is 9.83. The van der Waals surface area contributed by atoms with E-state index in [0.717, 1.165) is 45.3 Å². The number of allylic oxidation sites excluding steroid dienone is 1. The van der Waals surface area contributed by atoms with Gasteiger partial charge in [0, 0.05) is 10.0 Å². The molecule has 0 spiro atoms. The third kappa shape index (κ3) is 5.39. The van der Waals surface area contributed by atoms with Gasteiger partial charge in [-0.2, -0.15) is 0 Å². The maximum absolute atomic E-state index is 14.1. The van der Waals surface area contributed by atoms with Crippen molar-refractivity contribution in [1.82, 2.24) is 4.57 Å². The molecule has 0 unspecified atom stereocenters. The van der Waals surface area contributed by atoms with E-state index in [1.54, 1.807) is 0 Å². The first-order valence-electron chi connectivity index (χ1n) is 14.4. The highest BCUT2D eigenvalue weighted by molar-refractivity contribution is 9.10. The van der Waals surface area contributed by atoms with E-state index in [1.807, 2.05) is 78.2 Å². The van der Waals surface area contributed by atoms with Crippen LogP contribution in [-0.2, 0) is 13.0 Å². The van der Waals surface area contributed by atoms with Gasteiger partial charge in [-0.05, 0) is 77.9 Å². The first-order valence-corrected chi connectivity index (χ1v) is 16.0. The average molecular weight is 650 g/mol. The molecule has 7 rings (SSSR count). The van der Waals surface area contributed by atoms with Crippen LogP contribution in [-0.4, -0.2) is 11.2 Å². The second kappa shape index (κ2) is 11.8. The topological polar surface area (TPSA) is 52.8 Å². The van der Waals surface area contributed by atoms with E-state index >= 15 is 0 Å². The Morgan fingerprint density at radius 3 is 2.53 bits per heavy atom. The Labute approximate surface area is 262 Å². The molecule has 0 fully saturated rings. The van der Waals surface area contributed by atoms with Crippen molar-refractivity contribution in [1.29, 1.82) is 0 Å². The third-order valence-corrected chi connectivity index (χ3v) is 9.37. The molecule has 214 valence electrons. The van der Waals surface area contributed by atoms with Gasteiger partial charge in [-0.1, -0.05) is 100 Å². The van der Waals surface area contributed by atoms with Crippen LogP contribution < -0.4 is 24.4 Å². The fourth-order valence-electron chi connectivity index (χ4n) is 5.86. The van der Waals surface area contributed by atoms with Crippen molar-refractivity contribution in [2.75, 3.05) is 6.61 Å². The van der Waals surface area contributed by atoms with E-state index in [9.17, 15) is 4.79 Å². The molecule has 43 heavy (non-hydrogen) atoms. The second-order valence-electron chi connectivity index (χ2n) is 10.6. The van der Waals surface area contributed by atoms with Crippen LogP contribution in [0.4, 0.5) is 0 Å². The zero-order chi connectivity index (χ0) is 29.3. The number of nitrogens with zero attached hydrogens (tertiary/aromatic N) is 2.